The summed E-state index contributed by atoms with van der Waals surface area (Å²) in [6.07, 6.45) is -4.81. The molecule has 5 atom stereocenters. The highest BCUT2D eigenvalue weighted by Gasteiger charge is 2.50. The zero-order valence-corrected chi connectivity index (χ0v) is 21.2. The van der Waals surface area contributed by atoms with Crippen LogP contribution in [0.4, 0.5) is 0 Å². The molecule has 1 aromatic heterocycles. The highest BCUT2D eigenvalue weighted by Crippen LogP contribution is 2.38. The Bertz CT molecular complexity index is 1320. The Hall–Kier alpha value is -2.47. The van der Waals surface area contributed by atoms with E-state index >= 15 is 0 Å². The topological polar surface area (TPSA) is 123 Å². The van der Waals surface area contributed by atoms with E-state index in [-0.39, 0.29) is 4.21 Å². The molecule has 2 aliphatic rings. The molecule has 10 heteroatoms. The monoisotopic (exact) mass is 532 g/mol. The number of aliphatic hydroxyl groups excluding tert-OH is 3. The van der Waals surface area contributed by atoms with Gasteiger partial charge in [-0.25, -0.2) is 8.42 Å². The van der Waals surface area contributed by atoms with Crippen molar-refractivity contribution in [2.45, 2.75) is 53.8 Å². The Morgan fingerprint density at radius 1 is 0.917 bits per heavy atom. The third kappa shape index (κ3) is 4.65. The van der Waals surface area contributed by atoms with Crippen LogP contribution in [0.1, 0.15) is 35.3 Å². The molecule has 3 aromatic rings. The second kappa shape index (κ2) is 10.1. The number of aryl methyl sites for hydroxylation is 1. The Balaban J connectivity index is 1.46. The lowest BCUT2D eigenvalue weighted by molar-refractivity contribution is -0.202. The Morgan fingerprint density at radius 3 is 2.42 bits per heavy atom. The minimum absolute atomic E-state index is 0.0227. The van der Waals surface area contributed by atoms with Gasteiger partial charge in [-0.1, -0.05) is 37.3 Å². The van der Waals surface area contributed by atoms with Gasteiger partial charge in [-0.3, -0.25) is 0 Å². The van der Waals surface area contributed by atoms with Gasteiger partial charge >= 0.3 is 0 Å². The normalized spacial score (nSPS) is 26.1. The molecular formula is C26H28O8S2. The largest absolute Gasteiger partial charge is 0.486 e. The summed E-state index contributed by atoms with van der Waals surface area (Å²) >= 11 is 1.00. The van der Waals surface area contributed by atoms with Crippen LogP contribution in [0.25, 0.3) is 0 Å². The third-order valence-corrected chi connectivity index (χ3v) is 9.94. The van der Waals surface area contributed by atoms with Crippen LogP contribution in [0.2, 0.25) is 0 Å². The first-order valence-electron chi connectivity index (χ1n) is 11.8. The molecule has 0 spiro atoms. The molecule has 0 amide bonds. The van der Waals surface area contributed by atoms with Crippen LogP contribution >= 0.6 is 11.3 Å². The number of fused-ring (bicyclic) bond motifs is 1. The predicted molar refractivity (Wildman–Crippen MR) is 133 cm³/mol. The van der Waals surface area contributed by atoms with Crippen LogP contribution < -0.4 is 9.47 Å². The number of rotatable bonds is 6. The van der Waals surface area contributed by atoms with E-state index in [1.807, 2.05) is 37.3 Å². The molecule has 1 unspecified atom stereocenters. The van der Waals surface area contributed by atoms with Gasteiger partial charge in [0.1, 0.15) is 41.8 Å². The summed E-state index contributed by atoms with van der Waals surface area (Å²) in [5.41, 5.74) is 1.86. The first-order chi connectivity index (χ1) is 17.3. The van der Waals surface area contributed by atoms with E-state index < -0.39 is 39.7 Å². The molecule has 1 fully saturated rings. The minimum atomic E-state index is -4.10. The van der Waals surface area contributed by atoms with Crippen molar-refractivity contribution in [2.75, 3.05) is 13.2 Å². The zero-order chi connectivity index (χ0) is 25.4. The minimum Gasteiger partial charge on any atom is -0.486 e. The molecule has 0 saturated carbocycles. The Labute approximate surface area is 213 Å². The van der Waals surface area contributed by atoms with Crippen molar-refractivity contribution in [3.05, 3.63) is 76.2 Å². The van der Waals surface area contributed by atoms with Crippen molar-refractivity contribution in [3.8, 4) is 11.5 Å². The number of hydrogen-bond acceptors (Lipinski definition) is 9. The zero-order valence-electron chi connectivity index (χ0n) is 19.6. The van der Waals surface area contributed by atoms with Crippen LogP contribution in [-0.4, -0.2) is 60.7 Å². The van der Waals surface area contributed by atoms with Gasteiger partial charge in [0.05, 0.1) is 0 Å². The van der Waals surface area contributed by atoms with Crippen molar-refractivity contribution in [1.29, 1.82) is 0 Å². The third-order valence-electron chi connectivity index (χ3n) is 6.59. The first kappa shape index (κ1) is 25.2. The van der Waals surface area contributed by atoms with Gasteiger partial charge in [-0.15, -0.1) is 11.3 Å². The fourth-order valence-corrected chi connectivity index (χ4v) is 7.40. The molecule has 3 heterocycles. The maximum absolute atomic E-state index is 13.1. The average molecular weight is 533 g/mol. The molecule has 1 saturated heterocycles. The smallest absolute Gasteiger partial charge is 0.217 e. The first-order valence-corrected chi connectivity index (χ1v) is 14.2. The van der Waals surface area contributed by atoms with Crippen molar-refractivity contribution in [1.82, 2.24) is 0 Å². The lowest BCUT2D eigenvalue weighted by atomic mass is 9.90. The summed E-state index contributed by atoms with van der Waals surface area (Å²) in [7, 11) is -4.10. The van der Waals surface area contributed by atoms with Gasteiger partial charge < -0.3 is 29.5 Å². The maximum Gasteiger partial charge on any atom is 0.217 e. The highest BCUT2D eigenvalue weighted by molar-refractivity contribution is 7.93. The van der Waals surface area contributed by atoms with E-state index in [1.54, 1.807) is 17.5 Å². The molecule has 36 heavy (non-hydrogen) atoms. The van der Waals surface area contributed by atoms with Gasteiger partial charge in [0.25, 0.3) is 0 Å². The van der Waals surface area contributed by atoms with E-state index in [0.717, 1.165) is 34.4 Å². The van der Waals surface area contributed by atoms with Gasteiger partial charge in [0.2, 0.25) is 9.84 Å². The van der Waals surface area contributed by atoms with E-state index in [4.69, 9.17) is 14.2 Å². The predicted octanol–water partition coefficient (Wildman–Crippen LogP) is 2.63. The van der Waals surface area contributed by atoms with E-state index in [0.29, 0.717) is 36.7 Å². The Morgan fingerprint density at radius 2 is 1.69 bits per heavy atom. The summed E-state index contributed by atoms with van der Waals surface area (Å²) in [6.45, 7) is 3.05. The molecule has 2 aromatic carbocycles. The lowest BCUT2D eigenvalue weighted by Gasteiger charge is -2.40. The van der Waals surface area contributed by atoms with Crippen molar-refractivity contribution in [3.63, 3.8) is 0 Å². The summed E-state index contributed by atoms with van der Waals surface area (Å²) in [6, 6.07) is 14.3. The van der Waals surface area contributed by atoms with Gasteiger partial charge in [-0.05, 0) is 58.7 Å². The Kier molecular flexibility index (Phi) is 7.08. The molecule has 0 radical (unpaired) electrons. The second-order valence-electron chi connectivity index (χ2n) is 8.91. The molecule has 2 aliphatic heterocycles. The molecule has 3 N–H and O–H groups in total. The van der Waals surface area contributed by atoms with Crippen molar-refractivity contribution in [2.24, 2.45) is 0 Å². The van der Waals surface area contributed by atoms with Crippen LogP contribution in [0.5, 0.6) is 11.5 Å². The fourth-order valence-electron chi connectivity index (χ4n) is 4.67. The summed E-state index contributed by atoms with van der Waals surface area (Å²) in [5, 5.41) is 33.4. The van der Waals surface area contributed by atoms with Crippen molar-refractivity contribution >= 4 is 21.2 Å². The molecule has 0 aliphatic carbocycles. The van der Waals surface area contributed by atoms with Gasteiger partial charge in [0.15, 0.2) is 16.9 Å². The van der Waals surface area contributed by atoms with Crippen LogP contribution in [0.3, 0.4) is 0 Å². The lowest BCUT2D eigenvalue weighted by Crippen LogP contribution is -2.56. The maximum atomic E-state index is 13.1. The van der Waals surface area contributed by atoms with E-state index in [9.17, 15) is 23.7 Å². The van der Waals surface area contributed by atoms with Crippen LogP contribution in [-0.2, 0) is 27.4 Å². The number of aliphatic hydroxyl groups is 3. The van der Waals surface area contributed by atoms with E-state index in [2.05, 4.69) is 0 Å². The molecule has 0 bridgehead atoms. The summed E-state index contributed by atoms with van der Waals surface area (Å²) < 4.78 is 43.4. The number of sulfone groups is 1. The second-order valence-corrected chi connectivity index (χ2v) is 12.1. The summed E-state index contributed by atoms with van der Waals surface area (Å²) in [4.78, 5) is 0. The number of benzene rings is 2. The van der Waals surface area contributed by atoms with E-state index in [1.165, 1.54) is 6.07 Å². The van der Waals surface area contributed by atoms with Crippen molar-refractivity contribution < 1.29 is 37.9 Å². The standard InChI is InChI=1S/C26H28O8S2/c1-2-16-6-7-17(14-18(16)12-15-5-8-19-20(13-15)33-10-9-32-19)25-23(28)22(27)24(29)26(34-25)36(30,31)21-4-3-11-35-21/h3-8,11,13-14,22-29H,2,9-10,12H2,1H3/t22-,23-,24+,25+,26?/m1/s1. The average Bonchev–Trinajstić information content (AvgIpc) is 3.43. The molecular weight excluding hydrogens is 504 g/mol. The number of thiophene rings is 1. The number of hydrogen-bond donors (Lipinski definition) is 3. The quantitative estimate of drug-likeness (QED) is 0.443. The SMILES string of the molecule is CCc1ccc([C@@H]2OC(S(=O)(=O)c3cccs3)[C@@H](O)[C@H](O)[C@H]2O)cc1Cc1ccc2c(c1)OCCO2. The molecule has 8 nitrogen and oxygen atoms in total. The number of ether oxygens (including phenoxy) is 3. The van der Waals surface area contributed by atoms with Crippen LogP contribution in [0, 0.1) is 0 Å². The molecule has 5 rings (SSSR count). The summed E-state index contributed by atoms with van der Waals surface area (Å²) in [5.74, 6) is 1.40. The van der Waals surface area contributed by atoms with Crippen LogP contribution in [0.15, 0.2) is 58.1 Å². The van der Waals surface area contributed by atoms with Gasteiger partial charge in [0, 0.05) is 0 Å². The molecule has 192 valence electrons. The van der Waals surface area contributed by atoms with Gasteiger partial charge in [-0.2, -0.15) is 0 Å². The fraction of sp³-hybridized carbons (Fsp3) is 0.385. The highest BCUT2D eigenvalue weighted by atomic mass is 32.2.